The molecule has 1 aromatic rings. The van der Waals surface area contributed by atoms with Gasteiger partial charge in [0, 0.05) is 11.9 Å². The van der Waals surface area contributed by atoms with Crippen molar-refractivity contribution in [3.8, 4) is 6.07 Å². The van der Waals surface area contributed by atoms with E-state index >= 15 is 0 Å². The van der Waals surface area contributed by atoms with E-state index in [-0.39, 0.29) is 4.99 Å². The number of nitrogens with zero attached hydrogens (tertiary/aromatic N) is 1. The van der Waals surface area contributed by atoms with Gasteiger partial charge in [-0.1, -0.05) is 12.2 Å². The normalized spacial score (nSPS) is 10.8. The molecule has 4 heteroatoms. The van der Waals surface area contributed by atoms with Gasteiger partial charge in [0.05, 0.1) is 5.57 Å². The first-order valence-electron chi connectivity index (χ1n) is 3.29. The zero-order valence-corrected chi connectivity index (χ0v) is 7.06. The fourth-order valence-electron chi connectivity index (χ4n) is 0.748. The molecule has 1 rings (SSSR count). The quantitative estimate of drug-likeness (QED) is 0.405. The number of rotatable bonds is 2. The third-order valence-corrected chi connectivity index (χ3v) is 1.53. The molecule has 0 atom stereocenters. The zero-order chi connectivity index (χ0) is 8.97. The van der Waals surface area contributed by atoms with Crippen molar-refractivity contribution in [3.63, 3.8) is 0 Å². The van der Waals surface area contributed by atoms with Crippen LogP contribution in [0.3, 0.4) is 0 Å². The molecule has 1 heterocycles. The maximum atomic E-state index is 8.60. The van der Waals surface area contributed by atoms with Crippen LogP contribution in [-0.2, 0) is 0 Å². The number of nitriles is 1. The van der Waals surface area contributed by atoms with Crippen LogP contribution in [0.25, 0.3) is 6.08 Å². The van der Waals surface area contributed by atoms with Crippen LogP contribution in [-0.4, -0.2) is 9.97 Å². The predicted molar refractivity (Wildman–Crippen MR) is 51.2 cm³/mol. The van der Waals surface area contributed by atoms with E-state index in [0.29, 0.717) is 5.57 Å². The highest BCUT2D eigenvalue weighted by Crippen LogP contribution is 2.03. The fraction of sp³-hybridized carbons (Fsp3) is 0. The topological polar surface area (TPSA) is 65.6 Å². The molecule has 0 aliphatic rings. The van der Waals surface area contributed by atoms with Gasteiger partial charge < -0.3 is 10.7 Å². The Labute approximate surface area is 75.5 Å². The number of nitrogens with two attached hydrogens (primary N) is 1. The minimum absolute atomic E-state index is 0.118. The summed E-state index contributed by atoms with van der Waals surface area (Å²) >= 11 is 4.66. The molecule has 0 aliphatic heterocycles. The lowest BCUT2D eigenvalue weighted by Crippen LogP contribution is -2.09. The van der Waals surface area contributed by atoms with Crippen molar-refractivity contribution in [1.82, 2.24) is 4.98 Å². The molecule has 60 valence electrons. The minimum atomic E-state index is 0.118. The Morgan fingerprint density at radius 3 is 2.92 bits per heavy atom. The molecule has 0 saturated carbocycles. The summed E-state index contributed by atoms with van der Waals surface area (Å²) in [6.07, 6.45) is 3.38. The molecule has 3 nitrogen and oxygen atoms in total. The first-order chi connectivity index (χ1) is 5.74. The van der Waals surface area contributed by atoms with Crippen LogP contribution in [0.4, 0.5) is 0 Å². The Bertz CT molecular complexity index is 343. The lowest BCUT2D eigenvalue weighted by Gasteiger charge is -1.91. The number of aromatic nitrogens is 1. The minimum Gasteiger partial charge on any atom is -0.389 e. The van der Waals surface area contributed by atoms with Gasteiger partial charge in [-0.05, 0) is 18.2 Å². The van der Waals surface area contributed by atoms with Gasteiger partial charge in [0.1, 0.15) is 11.1 Å². The van der Waals surface area contributed by atoms with E-state index < -0.39 is 0 Å². The standard InChI is InChI=1S/C8H7N3S/c9-5-6(8(10)12)4-7-2-1-3-11-7/h1-4,11H,(H2,10,12)/b6-4-. The van der Waals surface area contributed by atoms with Gasteiger partial charge >= 0.3 is 0 Å². The highest BCUT2D eigenvalue weighted by Gasteiger charge is 1.98. The Morgan fingerprint density at radius 1 is 1.75 bits per heavy atom. The van der Waals surface area contributed by atoms with Gasteiger partial charge in [-0.25, -0.2) is 0 Å². The highest BCUT2D eigenvalue weighted by molar-refractivity contribution is 7.80. The first kappa shape index (κ1) is 8.50. The van der Waals surface area contributed by atoms with Crippen LogP contribution in [0.1, 0.15) is 5.69 Å². The second-order valence-electron chi connectivity index (χ2n) is 2.16. The van der Waals surface area contributed by atoms with E-state index in [1.165, 1.54) is 0 Å². The van der Waals surface area contributed by atoms with E-state index in [0.717, 1.165) is 5.69 Å². The monoisotopic (exact) mass is 177 g/mol. The summed E-state index contributed by atoms with van der Waals surface area (Å²) in [5.74, 6) is 0. The molecule has 0 amide bonds. The van der Waals surface area contributed by atoms with Crippen molar-refractivity contribution in [3.05, 3.63) is 29.6 Å². The molecule has 0 unspecified atom stereocenters. The molecule has 0 spiro atoms. The lowest BCUT2D eigenvalue weighted by atomic mass is 10.2. The van der Waals surface area contributed by atoms with Crippen LogP contribution in [0, 0.1) is 11.3 Å². The van der Waals surface area contributed by atoms with E-state index in [1.54, 1.807) is 12.3 Å². The lowest BCUT2D eigenvalue weighted by molar-refractivity contribution is 1.37. The van der Waals surface area contributed by atoms with Crippen molar-refractivity contribution in [2.45, 2.75) is 0 Å². The maximum absolute atomic E-state index is 8.60. The SMILES string of the molecule is N#C/C(=C/c1ccc[nH]1)C(N)=S. The summed E-state index contributed by atoms with van der Waals surface area (Å²) in [4.78, 5) is 3.03. The molecule has 0 saturated heterocycles. The summed E-state index contributed by atoms with van der Waals surface area (Å²) in [5, 5.41) is 8.60. The third-order valence-electron chi connectivity index (χ3n) is 1.31. The zero-order valence-electron chi connectivity index (χ0n) is 6.24. The molecular weight excluding hydrogens is 170 g/mol. The summed E-state index contributed by atoms with van der Waals surface area (Å²) < 4.78 is 0. The fourth-order valence-corrected chi connectivity index (χ4v) is 0.853. The van der Waals surface area contributed by atoms with Crippen LogP contribution in [0.2, 0.25) is 0 Å². The average molecular weight is 177 g/mol. The van der Waals surface area contributed by atoms with Crippen molar-refractivity contribution in [2.75, 3.05) is 0 Å². The molecule has 12 heavy (non-hydrogen) atoms. The number of thiocarbonyl (C=S) groups is 1. The van der Waals surface area contributed by atoms with Crippen molar-refractivity contribution >= 4 is 23.3 Å². The Morgan fingerprint density at radius 2 is 2.50 bits per heavy atom. The van der Waals surface area contributed by atoms with Crippen LogP contribution >= 0.6 is 12.2 Å². The van der Waals surface area contributed by atoms with Gasteiger partial charge in [0.25, 0.3) is 0 Å². The Hall–Kier alpha value is -1.60. The maximum Gasteiger partial charge on any atom is 0.114 e. The van der Waals surface area contributed by atoms with Crippen molar-refractivity contribution in [1.29, 1.82) is 5.26 Å². The summed E-state index contributed by atoms with van der Waals surface area (Å²) in [6, 6.07) is 5.58. The molecule has 0 radical (unpaired) electrons. The van der Waals surface area contributed by atoms with E-state index in [4.69, 9.17) is 11.0 Å². The van der Waals surface area contributed by atoms with Gasteiger partial charge in [0.15, 0.2) is 0 Å². The number of nitrogens with one attached hydrogen (secondary N) is 1. The van der Waals surface area contributed by atoms with Gasteiger partial charge in [-0.3, -0.25) is 0 Å². The summed E-state index contributed by atoms with van der Waals surface area (Å²) in [6.45, 7) is 0. The summed E-state index contributed by atoms with van der Waals surface area (Å²) in [5.41, 5.74) is 6.42. The highest BCUT2D eigenvalue weighted by atomic mass is 32.1. The van der Waals surface area contributed by atoms with Crippen molar-refractivity contribution < 1.29 is 0 Å². The van der Waals surface area contributed by atoms with E-state index in [1.807, 2.05) is 18.2 Å². The van der Waals surface area contributed by atoms with Crippen LogP contribution < -0.4 is 5.73 Å². The second kappa shape index (κ2) is 3.69. The third kappa shape index (κ3) is 1.94. The first-order valence-corrected chi connectivity index (χ1v) is 3.70. The predicted octanol–water partition coefficient (Wildman–Crippen LogP) is 1.21. The second-order valence-corrected chi connectivity index (χ2v) is 2.60. The van der Waals surface area contributed by atoms with E-state index in [9.17, 15) is 0 Å². The summed E-state index contributed by atoms with van der Waals surface area (Å²) in [7, 11) is 0. The Balaban J connectivity index is 2.95. The molecule has 3 N–H and O–H groups in total. The largest absolute Gasteiger partial charge is 0.389 e. The van der Waals surface area contributed by atoms with Crippen LogP contribution in [0.5, 0.6) is 0 Å². The van der Waals surface area contributed by atoms with Gasteiger partial charge in [-0.15, -0.1) is 0 Å². The van der Waals surface area contributed by atoms with Crippen LogP contribution in [0.15, 0.2) is 23.9 Å². The molecule has 0 aromatic carbocycles. The number of hydrogen-bond acceptors (Lipinski definition) is 2. The average Bonchev–Trinajstić information content (AvgIpc) is 2.51. The van der Waals surface area contributed by atoms with Gasteiger partial charge in [0.2, 0.25) is 0 Å². The van der Waals surface area contributed by atoms with E-state index in [2.05, 4.69) is 17.2 Å². The van der Waals surface area contributed by atoms with Gasteiger partial charge in [-0.2, -0.15) is 5.26 Å². The number of aromatic amines is 1. The van der Waals surface area contributed by atoms with Crippen molar-refractivity contribution in [2.24, 2.45) is 5.73 Å². The molecule has 0 bridgehead atoms. The molecular formula is C8H7N3S. The Kier molecular flexibility index (Phi) is 2.62. The number of H-pyrrole nitrogens is 1. The molecule has 0 aliphatic carbocycles. The number of hydrogen-bond donors (Lipinski definition) is 2. The molecule has 1 aromatic heterocycles. The molecule has 0 fully saturated rings. The smallest absolute Gasteiger partial charge is 0.114 e.